The highest BCUT2D eigenvalue weighted by Gasteiger charge is 2.38. The molecule has 0 aromatic rings. The van der Waals surface area contributed by atoms with E-state index in [9.17, 15) is 0 Å². The molecule has 1 nitrogen and oxygen atoms in total. The zero-order valence-electron chi connectivity index (χ0n) is 7.72. The molecular formula is C11H17N. The highest BCUT2D eigenvalue weighted by atomic mass is 15.0. The summed E-state index contributed by atoms with van der Waals surface area (Å²) in [5, 5.41) is 3.50. The summed E-state index contributed by atoms with van der Waals surface area (Å²) in [5.41, 5.74) is 1.67. The van der Waals surface area contributed by atoms with Crippen molar-refractivity contribution in [2.24, 2.45) is 5.92 Å². The predicted octanol–water partition coefficient (Wildman–Crippen LogP) is 2.26. The highest BCUT2D eigenvalue weighted by Crippen LogP contribution is 2.40. The molecule has 2 aliphatic carbocycles. The fourth-order valence-electron chi connectivity index (χ4n) is 2.02. The molecule has 0 aromatic carbocycles. The van der Waals surface area contributed by atoms with Gasteiger partial charge in [0.1, 0.15) is 0 Å². The van der Waals surface area contributed by atoms with Crippen LogP contribution in [0.5, 0.6) is 0 Å². The molecule has 2 unspecified atom stereocenters. The lowest BCUT2D eigenvalue weighted by atomic mass is 10.0. The van der Waals surface area contributed by atoms with Gasteiger partial charge in [-0.25, -0.2) is 0 Å². The maximum atomic E-state index is 3.50. The molecule has 1 heteroatoms. The summed E-state index contributed by atoms with van der Waals surface area (Å²) in [5.74, 6) is 0.870. The molecule has 1 saturated carbocycles. The van der Waals surface area contributed by atoms with Crippen molar-refractivity contribution in [3.8, 4) is 0 Å². The maximum absolute atomic E-state index is 3.50. The fourth-order valence-corrected chi connectivity index (χ4v) is 2.02. The van der Waals surface area contributed by atoms with Crippen molar-refractivity contribution in [2.45, 2.75) is 32.2 Å². The van der Waals surface area contributed by atoms with E-state index in [-0.39, 0.29) is 0 Å². The number of rotatable bonds is 3. The maximum Gasteiger partial charge on any atom is 0.0139 e. The number of hydrogen-bond donors (Lipinski definition) is 1. The Balaban J connectivity index is 1.87. The van der Waals surface area contributed by atoms with Crippen molar-refractivity contribution in [3.05, 3.63) is 23.8 Å². The lowest BCUT2D eigenvalue weighted by molar-refractivity contribution is 0.676. The lowest BCUT2D eigenvalue weighted by Gasteiger charge is -2.08. The number of nitrogens with one attached hydrogen (secondary N) is 1. The molecule has 0 heterocycles. The summed E-state index contributed by atoms with van der Waals surface area (Å²) in [4.78, 5) is 0. The Hall–Kier alpha value is -0.560. The van der Waals surface area contributed by atoms with Crippen LogP contribution in [-0.4, -0.2) is 12.6 Å². The Morgan fingerprint density at radius 3 is 3.17 bits per heavy atom. The molecule has 0 saturated heterocycles. The summed E-state index contributed by atoms with van der Waals surface area (Å²) < 4.78 is 0. The molecule has 0 bridgehead atoms. The van der Waals surface area contributed by atoms with Crippen molar-refractivity contribution in [1.82, 2.24) is 5.32 Å². The van der Waals surface area contributed by atoms with E-state index in [1.54, 1.807) is 5.57 Å². The Kier molecular flexibility index (Phi) is 2.31. The van der Waals surface area contributed by atoms with Gasteiger partial charge < -0.3 is 5.32 Å². The van der Waals surface area contributed by atoms with Crippen molar-refractivity contribution >= 4 is 0 Å². The molecule has 2 rings (SSSR count). The third-order valence-electron chi connectivity index (χ3n) is 2.78. The minimum absolute atomic E-state index is 0.799. The van der Waals surface area contributed by atoms with E-state index in [1.165, 1.54) is 19.3 Å². The topological polar surface area (TPSA) is 12.0 Å². The average Bonchev–Trinajstić information content (AvgIpc) is 2.87. The summed E-state index contributed by atoms with van der Waals surface area (Å²) in [6.07, 6.45) is 10.7. The predicted molar refractivity (Wildman–Crippen MR) is 52.0 cm³/mol. The molecule has 1 N–H and O–H groups in total. The van der Waals surface area contributed by atoms with Crippen molar-refractivity contribution in [3.63, 3.8) is 0 Å². The summed E-state index contributed by atoms with van der Waals surface area (Å²) >= 11 is 0. The monoisotopic (exact) mass is 163 g/mol. The first-order chi connectivity index (χ1) is 5.92. The number of hydrogen-bond acceptors (Lipinski definition) is 1. The summed E-state index contributed by atoms with van der Waals surface area (Å²) in [6, 6.07) is 0.799. The molecule has 2 aliphatic rings. The zero-order valence-corrected chi connectivity index (χ0v) is 7.72. The smallest absolute Gasteiger partial charge is 0.0139 e. The fraction of sp³-hybridized carbons (Fsp3) is 0.636. The van der Waals surface area contributed by atoms with Crippen LogP contribution in [-0.2, 0) is 0 Å². The van der Waals surface area contributed by atoms with Gasteiger partial charge in [0, 0.05) is 6.04 Å². The second-order valence-electron chi connectivity index (χ2n) is 3.71. The minimum atomic E-state index is 0.799. The Bertz CT molecular complexity index is 215. The quantitative estimate of drug-likeness (QED) is 0.673. The van der Waals surface area contributed by atoms with Crippen molar-refractivity contribution in [1.29, 1.82) is 0 Å². The molecule has 0 aromatic heterocycles. The van der Waals surface area contributed by atoms with Crippen LogP contribution in [0.4, 0.5) is 0 Å². The normalized spacial score (nSPS) is 33.2. The molecule has 0 amide bonds. The molecule has 66 valence electrons. The molecule has 0 radical (unpaired) electrons. The van der Waals surface area contributed by atoms with Gasteiger partial charge in [0.05, 0.1) is 0 Å². The van der Waals surface area contributed by atoms with E-state index in [0.717, 1.165) is 18.5 Å². The Morgan fingerprint density at radius 2 is 2.50 bits per heavy atom. The van der Waals surface area contributed by atoms with Crippen LogP contribution in [0.1, 0.15) is 26.2 Å². The SMILES string of the molecule is CCNC1CC1C1=CC=CCC1. The van der Waals surface area contributed by atoms with Crippen LogP contribution in [0, 0.1) is 5.92 Å². The van der Waals surface area contributed by atoms with Crippen LogP contribution < -0.4 is 5.32 Å². The summed E-state index contributed by atoms with van der Waals surface area (Å²) in [6.45, 7) is 3.30. The van der Waals surface area contributed by atoms with E-state index >= 15 is 0 Å². The van der Waals surface area contributed by atoms with Crippen LogP contribution in [0.15, 0.2) is 23.8 Å². The molecule has 0 aliphatic heterocycles. The van der Waals surface area contributed by atoms with E-state index in [1.807, 2.05) is 0 Å². The third-order valence-corrected chi connectivity index (χ3v) is 2.78. The first-order valence-electron chi connectivity index (χ1n) is 5.00. The first-order valence-corrected chi connectivity index (χ1v) is 5.00. The van der Waals surface area contributed by atoms with E-state index in [2.05, 4.69) is 30.5 Å². The standard InChI is InChI=1S/C11H17N/c1-2-12-11-8-10(11)9-6-4-3-5-7-9/h3-4,6,10-12H,2,5,7-8H2,1H3. The lowest BCUT2D eigenvalue weighted by Crippen LogP contribution is -2.17. The molecule has 2 atom stereocenters. The van der Waals surface area contributed by atoms with Gasteiger partial charge in [-0.15, -0.1) is 0 Å². The Labute approximate surface area is 74.5 Å². The first kappa shape index (κ1) is 8.06. The van der Waals surface area contributed by atoms with E-state index < -0.39 is 0 Å². The van der Waals surface area contributed by atoms with Crippen LogP contribution >= 0.6 is 0 Å². The minimum Gasteiger partial charge on any atom is -0.314 e. The van der Waals surface area contributed by atoms with Gasteiger partial charge in [-0.2, -0.15) is 0 Å². The molecule has 12 heavy (non-hydrogen) atoms. The number of allylic oxidation sites excluding steroid dienone is 3. The third kappa shape index (κ3) is 1.61. The van der Waals surface area contributed by atoms with Crippen molar-refractivity contribution < 1.29 is 0 Å². The highest BCUT2D eigenvalue weighted by molar-refractivity contribution is 5.26. The van der Waals surface area contributed by atoms with Gasteiger partial charge in [0.25, 0.3) is 0 Å². The Morgan fingerprint density at radius 1 is 1.58 bits per heavy atom. The van der Waals surface area contributed by atoms with E-state index in [0.29, 0.717) is 0 Å². The average molecular weight is 163 g/mol. The van der Waals surface area contributed by atoms with E-state index in [4.69, 9.17) is 0 Å². The van der Waals surface area contributed by atoms with Crippen LogP contribution in [0.3, 0.4) is 0 Å². The van der Waals surface area contributed by atoms with Gasteiger partial charge in [-0.3, -0.25) is 0 Å². The van der Waals surface area contributed by atoms with Crippen LogP contribution in [0.2, 0.25) is 0 Å². The largest absolute Gasteiger partial charge is 0.314 e. The molecule has 0 spiro atoms. The van der Waals surface area contributed by atoms with Gasteiger partial charge in [0.2, 0.25) is 0 Å². The summed E-state index contributed by atoms with van der Waals surface area (Å²) in [7, 11) is 0. The second-order valence-corrected chi connectivity index (χ2v) is 3.71. The molecular weight excluding hydrogens is 146 g/mol. The van der Waals surface area contributed by atoms with Gasteiger partial charge >= 0.3 is 0 Å². The van der Waals surface area contributed by atoms with Gasteiger partial charge in [-0.05, 0) is 31.7 Å². The van der Waals surface area contributed by atoms with Gasteiger partial charge in [-0.1, -0.05) is 30.7 Å². The molecule has 1 fully saturated rings. The zero-order chi connectivity index (χ0) is 8.39. The van der Waals surface area contributed by atoms with Crippen molar-refractivity contribution in [2.75, 3.05) is 6.54 Å². The van der Waals surface area contributed by atoms with Crippen LogP contribution in [0.25, 0.3) is 0 Å². The van der Waals surface area contributed by atoms with Gasteiger partial charge in [0.15, 0.2) is 0 Å². The second kappa shape index (κ2) is 3.44.